The van der Waals surface area contributed by atoms with Gasteiger partial charge in [0.25, 0.3) is 0 Å². The molecule has 3 rings (SSSR count). The molecule has 0 spiro atoms. The van der Waals surface area contributed by atoms with E-state index in [0.717, 1.165) is 42.2 Å². The Morgan fingerprint density at radius 3 is 1.63 bits per heavy atom. The van der Waals surface area contributed by atoms with Crippen molar-refractivity contribution in [2.24, 2.45) is 17.8 Å². The third kappa shape index (κ3) is 20.9. The van der Waals surface area contributed by atoms with Crippen LogP contribution in [0, 0.1) is 24.7 Å². The van der Waals surface area contributed by atoms with E-state index in [2.05, 4.69) is 21.3 Å². The molecule has 11 amide bonds. The average molecular weight is 1290 g/mol. The molecule has 0 saturated carbocycles. The van der Waals surface area contributed by atoms with E-state index in [1.54, 1.807) is 39.8 Å². The van der Waals surface area contributed by atoms with E-state index in [-0.39, 0.29) is 55.9 Å². The molecule has 502 valence electrons. The Morgan fingerprint density at radius 2 is 1.10 bits per heavy atom. The largest absolute Gasteiger partial charge is 0.417 e. The first-order valence-electron chi connectivity index (χ1n) is 30.5. The number of halogens is 4. The van der Waals surface area contributed by atoms with Gasteiger partial charge >= 0.3 is 6.18 Å². The zero-order valence-corrected chi connectivity index (χ0v) is 56.6. The molecule has 90 heavy (non-hydrogen) atoms. The number of carbonyl (C=O) groups is 11. The highest BCUT2D eigenvalue weighted by Crippen LogP contribution is 2.35. The molecule has 26 heteroatoms. The fourth-order valence-electron chi connectivity index (χ4n) is 9.97. The van der Waals surface area contributed by atoms with Gasteiger partial charge in [-0.3, -0.25) is 52.7 Å². The highest BCUT2D eigenvalue weighted by atomic mass is 35.5. The molecule has 4 N–H and O–H groups in total. The summed E-state index contributed by atoms with van der Waals surface area (Å²) in [5.41, 5.74) is -0.996. The molecule has 1 aliphatic rings. The van der Waals surface area contributed by atoms with E-state index in [1.165, 1.54) is 92.9 Å². The molecule has 0 radical (unpaired) electrons. The lowest BCUT2D eigenvalue weighted by Crippen LogP contribution is -2.63. The van der Waals surface area contributed by atoms with Crippen LogP contribution >= 0.6 is 11.6 Å². The van der Waals surface area contributed by atoms with Crippen molar-refractivity contribution in [1.29, 1.82) is 0 Å². The molecule has 1 fully saturated rings. The summed E-state index contributed by atoms with van der Waals surface area (Å²) in [6, 6.07) is 0.458. The number of hydrogen-bond acceptors (Lipinski definition) is 11. The van der Waals surface area contributed by atoms with Gasteiger partial charge < -0.3 is 55.6 Å². The molecule has 9 atom stereocenters. The van der Waals surface area contributed by atoms with Crippen LogP contribution in [0.4, 0.5) is 13.2 Å². The predicted octanol–water partition coefficient (Wildman–Crippen LogP) is 4.85. The second kappa shape index (κ2) is 33.1. The van der Waals surface area contributed by atoms with Crippen molar-refractivity contribution in [3.8, 4) is 0 Å². The number of hydrogen-bond donors (Lipinski definition) is 4. The molecule has 0 aromatic heterocycles. The number of alkyl halides is 3. The van der Waals surface area contributed by atoms with Gasteiger partial charge in [0.1, 0.15) is 47.8 Å². The maximum atomic E-state index is 14.9. The second-order valence-electron chi connectivity index (χ2n) is 25.5. The smallest absolute Gasteiger partial charge is 0.343 e. The zero-order valence-electron chi connectivity index (χ0n) is 55.9. The summed E-state index contributed by atoms with van der Waals surface area (Å²) in [6.45, 7) is 19.0. The number of nitrogens with zero attached hydrogens (tertiary/aromatic N) is 7. The summed E-state index contributed by atoms with van der Waals surface area (Å²) in [5.74, 6) is -8.62. The van der Waals surface area contributed by atoms with Gasteiger partial charge in [0.15, 0.2) is 0 Å². The van der Waals surface area contributed by atoms with Crippen molar-refractivity contribution in [1.82, 2.24) is 55.6 Å². The predicted molar refractivity (Wildman–Crippen MR) is 336 cm³/mol. The van der Waals surface area contributed by atoms with Crippen molar-refractivity contribution < 1.29 is 65.9 Å². The Kier molecular flexibility index (Phi) is 28.3. The first-order valence-corrected chi connectivity index (χ1v) is 30.9. The Balaban J connectivity index is 2.23. The molecular weight excluding hydrogens is 1190 g/mol. The third-order valence-corrected chi connectivity index (χ3v) is 17.5. The van der Waals surface area contributed by atoms with Gasteiger partial charge in [0.2, 0.25) is 65.0 Å². The highest BCUT2D eigenvalue weighted by molar-refractivity contribution is 6.31. The normalized spacial score (nSPS) is 24.5. The topological polar surface area (TPSA) is 259 Å². The van der Waals surface area contributed by atoms with E-state index in [0.29, 0.717) is 12.0 Å². The van der Waals surface area contributed by atoms with Crippen LogP contribution in [0.2, 0.25) is 5.02 Å². The Bertz CT molecular complexity index is 2910. The van der Waals surface area contributed by atoms with Crippen LogP contribution in [-0.4, -0.2) is 216 Å². The minimum Gasteiger partial charge on any atom is -0.343 e. The van der Waals surface area contributed by atoms with Gasteiger partial charge in [-0.15, -0.1) is 0 Å². The maximum absolute atomic E-state index is 14.9. The summed E-state index contributed by atoms with van der Waals surface area (Å²) >= 11 is 6.09. The number of benzene rings is 2. The number of amides is 11. The molecule has 2 aromatic rings. The number of aryl methyl sites for hydroxylation is 2. The Morgan fingerprint density at radius 1 is 0.589 bits per heavy atom. The van der Waals surface area contributed by atoms with Crippen LogP contribution in [0.15, 0.2) is 42.5 Å². The summed E-state index contributed by atoms with van der Waals surface area (Å²) in [5, 5.41) is 10.4. The van der Waals surface area contributed by atoms with E-state index >= 15 is 0 Å². The third-order valence-electron chi connectivity index (χ3n) is 17.2. The lowest BCUT2D eigenvalue weighted by molar-refractivity contribution is -0.149. The number of carbonyl (C=O) groups excluding carboxylic acids is 11. The Hall–Kier alpha value is -7.31. The van der Waals surface area contributed by atoms with Crippen LogP contribution in [0.3, 0.4) is 0 Å². The summed E-state index contributed by atoms with van der Waals surface area (Å²) in [4.78, 5) is 166. The standard InChI is InChI=1S/C64H97ClF3N11O11/c1-20-39(7)54-61(89)74(14)34-52(81)73(13)35-53(82)78(18)50(33-44-23-21-38(6)22-24-44)60(88)77(17)42(10)55(83)69-47(28-26-43-25-27-45(46(65)32-43)64(66,67)68)57(85)70-49(30-37(4)5)59(87)79(19)63(11,12)62(90)71-48(29-36(2)3)58(86)75(15)40(8)31-51(80)76(16)41(9)56(84)72-54/h21-25,27,32,36-37,39-42,47-50,54H,20,26,28-31,33-35H2,1-19H3,(H,69,83)(H,70,85)(H,71,90)(H,72,84)/t39-,40+,41-,42+,47-,48+,49-,50-,54-/m0/s1. The minimum atomic E-state index is -4.77. The van der Waals surface area contributed by atoms with Crippen LogP contribution in [0.25, 0.3) is 0 Å². The van der Waals surface area contributed by atoms with Gasteiger partial charge in [-0.1, -0.05) is 95.5 Å². The Labute approximate surface area is 534 Å². The molecule has 0 aliphatic carbocycles. The van der Waals surface area contributed by atoms with Crippen molar-refractivity contribution >= 4 is 76.6 Å². The lowest BCUT2D eigenvalue weighted by atomic mass is 9.95. The summed E-state index contributed by atoms with van der Waals surface area (Å²) < 4.78 is 41.3. The van der Waals surface area contributed by atoms with Gasteiger partial charge in [-0.05, 0) is 108 Å². The fourth-order valence-corrected chi connectivity index (χ4v) is 10.3. The van der Waals surface area contributed by atoms with Crippen molar-refractivity contribution in [2.45, 2.75) is 188 Å². The van der Waals surface area contributed by atoms with Crippen molar-refractivity contribution in [3.63, 3.8) is 0 Å². The van der Waals surface area contributed by atoms with E-state index < -0.39 is 155 Å². The maximum Gasteiger partial charge on any atom is 0.417 e. The molecule has 1 saturated heterocycles. The SMILES string of the molecule is CC[C@H](C)[C@@H]1NC(=O)[C@H](C)N(C)C(=O)C[C@@H](C)N(C)C(=O)[C@@H](CC(C)C)NC(=O)C(C)(C)N(C)C(=O)[C@H](CC(C)C)NC(=O)[C@H](CCc2ccc(C(F)(F)F)c(Cl)c2)NC(=O)[C@@H](C)N(C)C(=O)[C@H](Cc2ccc(C)cc2)N(C)C(=O)CN(C)C(=O)CN(C)C1=O. The first-order chi connectivity index (χ1) is 41.6. The van der Waals surface area contributed by atoms with Gasteiger partial charge in [-0.2, -0.15) is 13.2 Å². The number of rotatable bonds is 11. The van der Waals surface area contributed by atoms with E-state index in [9.17, 15) is 65.9 Å². The minimum absolute atomic E-state index is 0.0117. The van der Waals surface area contributed by atoms with Crippen LogP contribution in [0.5, 0.6) is 0 Å². The quantitative estimate of drug-likeness (QED) is 0.237. The molecule has 2 aromatic carbocycles. The van der Waals surface area contributed by atoms with E-state index in [4.69, 9.17) is 11.6 Å². The summed E-state index contributed by atoms with van der Waals surface area (Å²) in [6.07, 6.45) is -4.91. The number of likely N-dealkylation sites (N-methyl/N-ethyl adjacent to an activating group) is 7. The lowest BCUT2D eigenvalue weighted by Gasteiger charge is -2.39. The van der Waals surface area contributed by atoms with Gasteiger partial charge in [0.05, 0.1) is 23.7 Å². The van der Waals surface area contributed by atoms with Crippen LogP contribution in [-0.2, 0) is 71.8 Å². The fraction of sp³-hybridized carbons (Fsp3) is 0.641. The monoisotopic (exact) mass is 1290 g/mol. The van der Waals surface area contributed by atoms with Gasteiger partial charge in [0, 0.05) is 68.2 Å². The zero-order chi connectivity index (χ0) is 68.8. The molecule has 1 aliphatic heterocycles. The second-order valence-corrected chi connectivity index (χ2v) is 26.0. The number of nitrogens with one attached hydrogen (secondary N) is 4. The molecule has 0 bridgehead atoms. The highest BCUT2D eigenvalue weighted by Gasteiger charge is 2.43. The van der Waals surface area contributed by atoms with Crippen LogP contribution in [0.1, 0.15) is 131 Å². The molecule has 1 heterocycles. The first kappa shape index (κ1) is 76.9. The van der Waals surface area contributed by atoms with E-state index in [1.807, 2.05) is 39.8 Å². The summed E-state index contributed by atoms with van der Waals surface area (Å²) in [7, 11) is 9.63. The average Bonchev–Trinajstić information content (AvgIpc) is 1.07. The van der Waals surface area contributed by atoms with Crippen LogP contribution < -0.4 is 21.3 Å². The van der Waals surface area contributed by atoms with Gasteiger partial charge in [-0.25, -0.2) is 0 Å². The molecule has 22 nitrogen and oxygen atoms in total. The van der Waals surface area contributed by atoms with Crippen molar-refractivity contribution in [2.75, 3.05) is 62.4 Å². The molecular formula is C64H97ClF3N11O11. The van der Waals surface area contributed by atoms with Crippen molar-refractivity contribution in [3.05, 3.63) is 69.7 Å². The molecule has 0 unspecified atom stereocenters.